The van der Waals surface area contributed by atoms with Gasteiger partial charge in [0.15, 0.2) is 5.78 Å². The van der Waals surface area contributed by atoms with Crippen molar-refractivity contribution in [2.24, 2.45) is 0 Å². The highest BCUT2D eigenvalue weighted by Gasteiger charge is 2.19. The van der Waals surface area contributed by atoms with Crippen LogP contribution in [0.25, 0.3) is 6.08 Å². The lowest BCUT2D eigenvalue weighted by atomic mass is 10.2. The van der Waals surface area contributed by atoms with Crippen molar-refractivity contribution in [3.8, 4) is 0 Å². The zero-order valence-corrected chi connectivity index (χ0v) is 11.6. The molecule has 0 aromatic carbocycles. The number of ether oxygens (including phenoxy) is 1. The van der Waals surface area contributed by atoms with Crippen LogP contribution < -0.4 is 5.32 Å². The Labute approximate surface area is 112 Å². The third kappa shape index (κ3) is 5.90. The number of carbonyl (C=O) groups excluding carboxylic acids is 2. The summed E-state index contributed by atoms with van der Waals surface area (Å²) in [6, 6.07) is 2.81. The third-order valence-corrected chi connectivity index (χ3v) is 2.12. The Morgan fingerprint density at radius 3 is 2.63 bits per heavy atom. The molecular formula is C14H19NO4. The van der Waals surface area contributed by atoms with E-state index in [0.717, 1.165) is 0 Å². The molecule has 1 heterocycles. The summed E-state index contributed by atoms with van der Waals surface area (Å²) in [5, 5.41) is 2.47. The Hall–Kier alpha value is -2.04. The summed E-state index contributed by atoms with van der Waals surface area (Å²) in [7, 11) is 0. The maximum Gasteiger partial charge on any atom is 0.408 e. The summed E-state index contributed by atoms with van der Waals surface area (Å²) in [6.45, 7) is 6.88. The minimum absolute atomic E-state index is 0.234. The lowest BCUT2D eigenvalue weighted by Crippen LogP contribution is -2.41. The lowest BCUT2D eigenvalue weighted by Gasteiger charge is -2.21. The van der Waals surface area contributed by atoms with Gasteiger partial charge in [-0.25, -0.2) is 4.79 Å². The van der Waals surface area contributed by atoms with E-state index in [1.807, 2.05) is 0 Å². The van der Waals surface area contributed by atoms with Gasteiger partial charge >= 0.3 is 6.09 Å². The number of ketones is 1. The molecular weight excluding hydrogens is 246 g/mol. The van der Waals surface area contributed by atoms with E-state index in [-0.39, 0.29) is 5.78 Å². The molecule has 0 unspecified atom stereocenters. The van der Waals surface area contributed by atoms with Gasteiger partial charge in [0, 0.05) is 0 Å². The zero-order chi connectivity index (χ0) is 14.5. The Bertz CT molecular complexity index is 454. The van der Waals surface area contributed by atoms with Gasteiger partial charge in [-0.05, 0) is 52.0 Å². The van der Waals surface area contributed by atoms with Crippen LogP contribution in [0.2, 0.25) is 0 Å². The van der Waals surface area contributed by atoms with Crippen molar-refractivity contribution in [2.75, 3.05) is 0 Å². The van der Waals surface area contributed by atoms with Crippen molar-refractivity contribution >= 4 is 18.0 Å². The van der Waals surface area contributed by atoms with Crippen LogP contribution in [0, 0.1) is 0 Å². The predicted molar refractivity (Wildman–Crippen MR) is 71.6 cm³/mol. The van der Waals surface area contributed by atoms with Gasteiger partial charge in [0.2, 0.25) is 0 Å². The zero-order valence-electron chi connectivity index (χ0n) is 11.6. The largest absolute Gasteiger partial charge is 0.465 e. The van der Waals surface area contributed by atoms with E-state index in [2.05, 4.69) is 5.32 Å². The molecule has 0 saturated carbocycles. The molecule has 0 fully saturated rings. The first-order chi connectivity index (χ1) is 8.78. The average Bonchev–Trinajstić information content (AvgIpc) is 2.75. The van der Waals surface area contributed by atoms with Crippen LogP contribution in [0.15, 0.2) is 28.9 Å². The normalized spacial score (nSPS) is 13.3. The monoisotopic (exact) mass is 265 g/mol. The van der Waals surface area contributed by atoms with Crippen LogP contribution in [-0.2, 0) is 9.53 Å². The predicted octanol–water partition coefficient (Wildman–Crippen LogP) is 2.78. The Morgan fingerprint density at radius 2 is 2.11 bits per heavy atom. The van der Waals surface area contributed by atoms with Gasteiger partial charge in [-0.1, -0.05) is 0 Å². The van der Waals surface area contributed by atoms with Crippen molar-refractivity contribution in [1.82, 2.24) is 5.32 Å². The molecule has 19 heavy (non-hydrogen) atoms. The maximum absolute atomic E-state index is 11.7. The van der Waals surface area contributed by atoms with E-state index in [4.69, 9.17) is 9.15 Å². The summed E-state index contributed by atoms with van der Waals surface area (Å²) < 4.78 is 10.1. The van der Waals surface area contributed by atoms with Gasteiger partial charge in [-0.3, -0.25) is 4.79 Å². The highest BCUT2D eigenvalue weighted by atomic mass is 16.6. The molecule has 0 aliphatic heterocycles. The lowest BCUT2D eigenvalue weighted by molar-refractivity contribution is -0.116. The quantitative estimate of drug-likeness (QED) is 0.850. The van der Waals surface area contributed by atoms with Crippen LogP contribution in [0.5, 0.6) is 0 Å². The van der Waals surface area contributed by atoms with Crippen molar-refractivity contribution in [3.05, 3.63) is 30.2 Å². The molecule has 1 N–H and O–H groups in total. The van der Waals surface area contributed by atoms with Crippen LogP contribution in [0.4, 0.5) is 4.79 Å². The molecule has 1 atom stereocenters. The molecule has 0 saturated heterocycles. The van der Waals surface area contributed by atoms with Gasteiger partial charge in [-0.15, -0.1) is 0 Å². The number of alkyl carbamates (subject to hydrolysis) is 1. The second-order valence-electron chi connectivity index (χ2n) is 5.12. The van der Waals surface area contributed by atoms with Crippen LogP contribution in [0.3, 0.4) is 0 Å². The van der Waals surface area contributed by atoms with E-state index >= 15 is 0 Å². The minimum Gasteiger partial charge on any atom is -0.465 e. The van der Waals surface area contributed by atoms with Gasteiger partial charge in [0.1, 0.15) is 11.4 Å². The number of amides is 1. The molecule has 5 heteroatoms. The molecule has 1 aromatic heterocycles. The van der Waals surface area contributed by atoms with Gasteiger partial charge in [-0.2, -0.15) is 0 Å². The minimum atomic E-state index is -0.652. The molecule has 104 valence electrons. The number of rotatable bonds is 4. The fourth-order valence-electron chi connectivity index (χ4n) is 1.25. The van der Waals surface area contributed by atoms with Crippen molar-refractivity contribution in [1.29, 1.82) is 0 Å². The summed E-state index contributed by atoms with van der Waals surface area (Å²) >= 11 is 0. The van der Waals surface area contributed by atoms with E-state index in [9.17, 15) is 9.59 Å². The fourth-order valence-corrected chi connectivity index (χ4v) is 1.25. The number of carbonyl (C=O) groups is 2. The third-order valence-electron chi connectivity index (χ3n) is 2.12. The second kappa shape index (κ2) is 6.22. The van der Waals surface area contributed by atoms with Crippen LogP contribution in [-0.4, -0.2) is 23.5 Å². The number of hydrogen-bond donors (Lipinski definition) is 1. The first-order valence-corrected chi connectivity index (χ1v) is 6.03. The molecule has 5 nitrogen and oxygen atoms in total. The standard InChI is InChI=1S/C14H19NO4/c1-10(15-13(17)19-14(2,3)4)12(16)8-7-11-6-5-9-18-11/h5-10H,1-4H3,(H,15,17)/b8-7+/t10-/m0/s1. The SMILES string of the molecule is C[C@H](NC(=O)OC(C)(C)C)C(=O)/C=C/c1ccco1. The molecule has 1 amide bonds. The molecule has 0 aliphatic carbocycles. The molecule has 0 radical (unpaired) electrons. The summed E-state index contributed by atoms with van der Waals surface area (Å²) in [6.07, 6.45) is 3.82. The van der Waals surface area contributed by atoms with Crippen molar-refractivity contribution in [3.63, 3.8) is 0 Å². The first-order valence-electron chi connectivity index (χ1n) is 6.03. The number of hydrogen-bond acceptors (Lipinski definition) is 4. The number of nitrogens with one attached hydrogen (secondary N) is 1. The van der Waals surface area contributed by atoms with E-state index < -0.39 is 17.7 Å². The molecule has 1 aromatic rings. The summed E-state index contributed by atoms with van der Waals surface area (Å²) in [5.41, 5.74) is -0.586. The van der Waals surface area contributed by atoms with Crippen LogP contribution in [0.1, 0.15) is 33.5 Å². The molecule has 1 rings (SSSR count). The summed E-state index contributed by atoms with van der Waals surface area (Å²) in [5.74, 6) is 0.347. The highest BCUT2D eigenvalue weighted by Crippen LogP contribution is 2.07. The van der Waals surface area contributed by atoms with E-state index in [1.54, 1.807) is 45.9 Å². The Kier molecular flexibility index (Phi) is 4.92. The highest BCUT2D eigenvalue weighted by molar-refractivity contribution is 5.98. The Morgan fingerprint density at radius 1 is 1.42 bits per heavy atom. The molecule has 0 aliphatic rings. The average molecular weight is 265 g/mol. The van der Waals surface area contributed by atoms with Gasteiger partial charge in [0.05, 0.1) is 12.3 Å². The van der Waals surface area contributed by atoms with Crippen LogP contribution >= 0.6 is 0 Å². The van der Waals surface area contributed by atoms with Gasteiger partial charge in [0.25, 0.3) is 0 Å². The topological polar surface area (TPSA) is 68.5 Å². The Balaban J connectivity index is 2.47. The fraction of sp³-hybridized carbons (Fsp3) is 0.429. The van der Waals surface area contributed by atoms with E-state index in [1.165, 1.54) is 12.3 Å². The first kappa shape index (κ1) is 15.0. The van der Waals surface area contributed by atoms with E-state index in [0.29, 0.717) is 5.76 Å². The number of furan rings is 1. The second-order valence-corrected chi connectivity index (χ2v) is 5.12. The van der Waals surface area contributed by atoms with Crippen molar-refractivity contribution < 1.29 is 18.7 Å². The van der Waals surface area contributed by atoms with Gasteiger partial charge < -0.3 is 14.5 Å². The van der Waals surface area contributed by atoms with Crippen molar-refractivity contribution in [2.45, 2.75) is 39.3 Å². The molecule has 0 bridgehead atoms. The maximum atomic E-state index is 11.7. The molecule has 0 spiro atoms. The summed E-state index contributed by atoms with van der Waals surface area (Å²) in [4.78, 5) is 23.2. The smallest absolute Gasteiger partial charge is 0.408 e.